The zero-order valence-electron chi connectivity index (χ0n) is 16.2. The van der Waals surface area contributed by atoms with Gasteiger partial charge in [0.05, 0.1) is 12.1 Å². The molecular weight excluding hydrogens is 342 g/mol. The average Bonchev–Trinajstić information content (AvgIpc) is 3.24. The van der Waals surface area contributed by atoms with Crippen LogP contribution in [0.2, 0.25) is 0 Å². The second kappa shape index (κ2) is 9.85. The zero-order valence-corrected chi connectivity index (χ0v) is 16.2. The van der Waals surface area contributed by atoms with Crippen molar-refractivity contribution in [2.75, 3.05) is 39.8 Å². The summed E-state index contributed by atoms with van der Waals surface area (Å²) in [6, 6.07) is 9.31. The molecule has 1 N–H and O–H groups in total. The van der Waals surface area contributed by atoms with Crippen LogP contribution in [0.15, 0.2) is 30.3 Å². The highest BCUT2D eigenvalue weighted by atomic mass is 16.5. The first kappa shape index (κ1) is 19.8. The van der Waals surface area contributed by atoms with Gasteiger partial charge in [-0.15, -0.1) is 0 Å². The molecule has 6 nitrogen and oxygen atoms in total. The molecule has 3 rings (SSSR count). The zero-order chi connectivity index (χ0) is 19.1. The molecule has 2 saturated heterocycles. The first-order chi connectivity index (χ1) is 13.2. The van der Waals surface area contributed by atoms with E-state index in [1.165, 1.54) is 0 Å². The first-order valence-electron chi connectivity index (χ1n) is 10.1. The Bertz CT molecular complexity index is 616. The number of ether oxygens (including phenoxy) is 1. The Kier molecular flexibility index (Phi) is 7.24. The van der Waals surface area contributed by atoms with Crippen LogP contribution >= 0.6 is 0 Å². The van der Waals surface area contributed by atoms with Crippen LogP contribution < -0.4 is 5.32 Å². The lowest BCUT2D eigenvalue weighted by atomic mass is 10.0. The van der Waals surface area contributed by atoms with Gasteiger partial charge in [0.1, 0.15) is 0 Å². The third kappa shape index (κ3) is 5.53. The van der Waals surface area contributed by atoms with E-state index in [4.69, 9.17) is 4.74 Å². The molecule has 0 aromatic heterocycles. The van der Waals surface area contributed by atoms with Crippen molar-refractivity contribution in [1.29, 1.82) is 0 Å². The summed E-state index contributed by atoms with van der Waals surface area (Å²) in [5, 5.41) is 3.12. The Morgan fingerprint density at radius 2 is 1.89 bits per heavy atom. The van der Waals surface area contributed by atoms with Gasteiger partial charge in [-0.3, -0.25) is 9.59 Å². The van der Waals surface area contributed by atoms with Gasteiger partial charge in [0.2, 0.25) is 5.91 Å². The molecule has 0 bridgehead atoms. The van der Waals surface area contributed by atoms with E-state index in [2.05, 4.69) is 10.2 Å². The fourth-order valence-corrected chi connectivity index (χ4v) is 4.01. The maximum atomic E-state index is 12.4. The standard InChI is InChI=1S/C21H31N3O3/c1-27-19-16-23(12-7-10-20(25)24-13-5-6-14-24)15-11-18(19)22-21(26)17-8-3-2-4-9-17/h2-4,8-9,18-19H,5-7,10-16H2,1H3,(H,22,26). The Morgan fingerprint density at radius 1 is 1.15 bits per heavy atom. The summed E-state index contributed by atoms with van der Waals surface area (Å²) in [6.45, 7) is 4.46. The average molecular weight is 373 g/mol. The van der Waals surface area contributed by atoms with Crippen molar-refractivity contribution in [3.63, 3.8) is 0 Å². The van der Waals surface area contributed by atoms with E-state index in [0.717, 1.165) is 58.4 Å². The highest BCUT2D eigenvalue weighted by Gasteiger charge is 2.30. The van der Waals surface area contributed by atoms with Crippen LogP contribution in [0, 0.1) is 0 Å². The van der Waals surface area contributed by atoms with E-state index < -0.39 is 0 Å². The molecule has 2 heterocycles. The van der Waals surface area contributed by atoms with Gasteiger partial charge in [-0.1, -0.05) is 18.2 Å². The summed E-state index contributed by atoms with van der Waals surface area (Å²) < 4.78 is 5.65. The highest BCUT2D eigenvalue weighted by molar-refractivity contribution is 5.94. The number of hydrogen-bond acceptors (Lipinski definition) is 4. The number of benzene rings is 1. The molecule has 2 atom stereocenters. The largest absolute Gasteiger partial charge is 0.378 e. The first-order valence-corrected chi connectivity index (χ1v) is 10.1. The number of rotatable bonds is 7. The van der Waals surface area contributed by atoms with Crippen molar-refractivity contribution in [3.05, 3.63) is 35.9 Å². The Morgan fingerprint density at radius 3 is 2.59 bits per heavy atom. The molecular formula is C21H31N3O3. The maximum Gasteiger partial charge on any atom is 0.251 e. The topological polar surface area (TPSA) is 61.9 Å². The van der Waals surface area contributed by atoms with Crippen LogP contribution in [0.1, 0.15) is 42.5 Å². The number of carbonyl (C=O) groups is 2. The molecule has 2 fully saturated rings. The third-order valence-electron chi connectivity index (χ3n) is 5.62. The molecule has 0 radical (unpaired) electrons. The van der Waals surface area contributed by atoms with Gasteiger partial charge < -0.3 is 19.9 Å². The summed E-state index contributed by atoms with van der Waals surface area (Å²) in [7, 11) is 1.70. The van der Waals surface area contributed by atoms with E-state index in [9.17, 15) is 9.59 Å². The van der Waals surface area contributed by atoms with Crippen LogP contribution in [0.25, 0.3) is 0 Å². The van der Waals surface area contributed by atoms with Gasteiger partial charge in [0.15, 0.2) is 0 Å². The van der Waals surface area contributed by atoms with Crippen LogP contribution in [-0.4, -0.2) is 73.6 Å². The number of piperidine rings is 1. The van der Waals surface area contributed by atoms with Gasteiger partial charge in [-0.25, -0.2) is 0 Å². The number of likely N-dealkylation sites (tertiary alicyclic amines) is 2. The van der Waals surface area contributed by atoms with Crippen molar-refractivity contribution in [3.8, 4) is 0 Å². The summed E-state index contributed by atoms with van der Waals surface area (Å²) in [4.78, 5) is 28.9. The fraction of sp³-hybridized carbons (Fsp3) is 0.619. The van der Waals surface area contributed by atoms with Gasteiger partial charge >= 0.3 is 0 Å². The summed E-state index contributed by atoms with van der Waals surface area (Å²) in [5.74, 6) is 0.244. The lowest BCUT2D eigenvalue weighted by molar-refractivity contribution is -0.130. The SMILES string of the molecule is COC1CN(CCCC(=O)N2CCCC2)CCC1NC(=O)c1ccccc1. The Labute approximate surface area is 161 Å². The summed E-state index contributed by atoms with van der Waals surface area (Å²) in [5.41, 5.74) is 0.676. The number of nitrogens with one attached hydrogen (secondary N) is 1. The molecule has 2 aliphatic rings. The van der Waals surface area contributed by atoms with E-state index in [0.29, 0.717) is 17.9 Å². The Hall–Kier alpha value is -1.92. The minimum absolute atomic E-state index is 0.0187. The van der Waals surface area contributed by atoms with Crippen molar-refractivity contribution >= 4 is 11.8 Å². The Balaban J connectivity index is 1.42. The van der Waals surface area contributed by atoms with Crippen LogP contribution in [0.4, 0.5) is 0 Å². The van der Waals surface area contributed by atoms with Crippen LogP contribution in [0.5, 0.6) is 0 Å². The molecule has 148 valence electrons. The molecule has 2 amide bonds. The smallest absolute Gasteiger partial charge is 0.251 e. The normalized spacial score (nSPS) is 23.4. The fourth-order valence-electron chi connectivity index (χ4n) is 4.01. The predicted molar refractivity (Wildman–Crippen MR) is 105 cm³/mol. The van der Waals surface area contributed by atoms with Gasteiger partial charge in [0.25, 0.3) is 5.91 Å². The molecule has 2 unspecified atom stereocenters. The lowest BCUT2D eigenvalue weighted by Crippen LogP contribution is -2.54. The number of nitrogens with zero attached hydrogens (tertiary/aromatic N) is 2. The second-order valence-corrected chi connectivity index (χ2v) is 7.50. The van der Waals surface area contributed by atoms with Gasteiger partial charge in [0, 0.05) is 45.3 Å². The number of hydrogen-bond donors (Lipinski definition) is 1. The van der Waals surface area contributed by atoms with E-state index in [1.807, 2.05) is 35.2 Å². The van der Waals surface area contributed by atoms with Gasteiger partial charge in [-0.2, -0.15) is 0 Å². The summed E-state index contributed by atoms with van der Waals surface area (Å²) in [6.07, 6.45) is 4.62. The predicted octanol–water partition coefficient (Wildman–Crippen LogP) is 1.91. The van der Waals surface area contributed by atoms with Crippen molar-refractivity contribution in [1.82, 2.24) is 15.1 Å². The third-order valence-corrected chi connectivity index (χ3v) is 5.62. The molecule has 0 saturated carbocycles. The lowest BCUT2D eigenvalue weighted by Gasteiger charge is -2.38. The van der Waals surface area contributed by atoms with Crippen molar-refractivity contribution in [2.24, 2.45) is 0 Å². The second-order valence-electron chi connectivity index (χ2n) is 7.50. The number of carbonyl (C=O) groups excluding carboxylic acids is 2. The molecule has 0 spiro atoms. The minimum atomic E-state index is -0.0488. The van der Waals surface area contributed by atoms with Crippen molar-refractivity contribution in [2.45, 2.75) is 44.2 Å². The van der Waals surface area contributed by atoms with Crippen LogP contribution in [0.3, 0.4) is 0 Å². The molecule has 27 heavy (non-hydrogen) atoms. The molecule has 2 aliphatic heterocycles. The van der Waals surface area contributed by atoms with Gasteiger partial charge in [-0.05, 0) is 44.4 Å². The summed E-state index contributed by atoms with van der Waals surface area (Å²) >= 11 is 0. The monoisotopic (exact) mass is 373 g/mol. The maximum absolute atomic E-state index is 12.4. The highest BCUT2D eigenvalue weighted by Crippen LogP contribution is 2.16. The molecule has 6 heteroatoms. The van der Waals surface area contributed by atoms with E-state index in [1.54, 1.807) is 7.11 Å². The number of methoxy groups -OCH3 is 1. The van der Waals surface area contributed by atoms with Crippen molar-refractivity contribution < 1.29 is 14.3 Å². The molecule has 1 aromatic carbocycles. The van der Waals surface area contributed by atoms with E-state index in [-0.39, 0.29) is 18.1 Å². The van der Waals surface area contributed by atoms with E-state index >= 15 is 0 Å². The number of amides is 2. The molecule has 1 aromatic rings. The minimum Gasteiger partial charge on any atom is -0.378 e. The quantitative estimate of drug-likeness (QED) is 0.793. The van der Waals surface area contributed by atoms with Crippen LogP contribution in [-0.2, 0) is 9.53 Å². The molecule has 0 aliphatic carbocycles.